The number of hydrogen-bond acceptors (Lipinski definition) is 2. The Morgan fingerprint density at radius 2 is 1.71 bits per heavy atom. The van der Waals surface area contributed by atoms with Gasteiger partial charge in [-0.15, -0.1) is 0 Å². The molecule has 0 saturated carbocycles. The van der Waals surface area contributed by atoms with Crippen molar-refractivity contribution in [3.8, 4) is 0 Å². The van der Waals surface area contributed by atoms with Crippen molar-refractivity contribution in [2.45, 2.75) is 12.6 Å². The molecule has 0 bridgehead atoms. The Hall–Kier alpha value is -1.06. The SMILES string of the molecule is CN(C)C(CNCc1ccc(Cl)c(Cl)c1)c1ccccc1. The molecule has 0 aliphatic carbocycles. The minimum absolute atomic E-state index is 0.342. The van der Waals surface area contributed by atoms with E-state index in [1.807, 2.05) is 24.3 Å². The zero-order valence-corrected chi connectivity index (χ0v) is 13.8. The van der Waals surface area contributed by atoms with Crippen molar-refractivity contribution in [2.24, 2.45) is 0 Å². The van der Waals surface area contributed by atoms with E-state index in [4.69, 9.17) is 23.2 Å². The van der Waals surface area contributed by atoms with Gasteiger partial charge in [0.2, 0.25) is 0 Å². The lowest BCUT2D eigenvalue weighted by Gasteiger charge is -2.25. The highest BCUT2D eigenvalue weighted by atomic mass is 35.5. The Morgan fingerprint density at radius 3 is 2.33 bits per heavy atom. The lowest BCUT2D eigenvalue weighted by atomic mass is 10.1. The van der Waals surface area contributed by atoms with E-state index in [0.717, 1.165) is 18.7 Å². The standard InChI is InChI=1S/C17H20Cl2N2/c1-21(2)17(14-6-4-3-5-7-14)12-20-11-13-8-9-15(18)16(19)10-13/h3-10,17,20H,11-12H2,1-2H3. The van der Waals surface area contributed by atoms with Crippen LogP contribution in [0.1, 0.15) is 17.2 Å². The molecule has 21 heavy (non-hydrogen) atoms. The van der Waals surface area contributed by atoms with Gasteiger partial charge in [0.05, 0.1) is 10.0 Å². The van der Waals surface area contributed by atoms with Crippen LogP contribution in [0.15, 0.2) is 48.5 Å². The Kier molecular flexibility index (Phi) is 6.07. The molecule has 2 rings (SSSR count). The fraction of sp³-hybridized carbons (Fsp3) is 0.294. The molecule has 0 amide bonds. The summed E-state index contributed by atoms with van der Waals surface area (Å²) in [6.07, 6.45) is 0. The van der Waals surface area contributed by atoms with E-state index in [-0.39, 0.29) is 0 Å². The zero-order valence-electron chi connectivity index (χ0n) is 12.3. The molecule has 2 aromatic carbocycles. The van der Waals surface area contributed by atoms with Crippen LogP contribution in [-0.4, -0.2) is 25.5 Å². The number of likely N-dealkylation sites (N-methyl/N-ethyl adjacent to an activating group) is 1. The molecular weight excluding hydrogens is 303 g/mol. The van der Waals surface area contributed by atoms with Crippen LogP contribution < -0.4 is 5.32 Å². The van der Waals surface area contributed by atoms with Crippen LogP contribution in [0.2, 0.25) is 10.0 Å². The van der Waals surface area contributed by atoms with Crippen molar-refractivity contribution < 1.29 is 0 Å². The van der Waals surface area contributed by atoms with Gasteiger partial charge in [-0.3, -0.25) is 0 Å². The molecule has 112 valence electrons. The van der Waals surface area contributed by atoms with Crippen molar-refractivity contribution in [3.05, 3.63) is 69.7 Å². The Morgan fingerprint density at radius 1 is 1.00 bits per heavy atom. The number of benzene rings is 2. The van der Waals surface area contributed by atoms with Gasteiger partial charge in [-0.1, -0.05) is 59.6 Å². The molecule has 0 aromatic heterocycles. The maximum atomic E-state index is 6.03. The highest BCUT2D eigenvalue weighted by Gasteiger charge is 2.13. The van der Waals surface area contributed by atoms with Crippen LogP contribution in [0, 0.1) is 0 Å². The summed E-state index contributed by atoms with van der Waals surface area (Å²) in [4.78, 5) is 2.22. The number of halogens is 2. The first-order chi connectivity index (χ1) is 10.1. The summed E-state index contributed by atoms with van der Waals surface area (Å²) in [6.45, 7) is 1.64. The van der Waals surface area contributed by atoms with Crippen LogP contribution in [0.3, 0.4) is 0 Å². The van der Waals surface area contributed by atoms with Crippen LogP contribution >= 0.6 is 23.2 Å². The fourth-order valence-electron chi connectivity index (χ4n) is 2.28. The molecule has 0 fully saturated rings. The van der Waals surface area contributed by atoms with E-state index in [1.165, 1.54) is 5.56 Å². The van der Waals surface area contributed by atoms with Gasteiger partial charge < -0.3 is 10.2 Å². The maximum absolute atomic E-state index is 6.03. The summed E-state index contributed by atoms with van der Waals surface area (Å²) in [6, 6.07) is 16.6. The molecule has 1 unspecified atom stereocenters. The van der Waals surface area contributed by atoms with Crippen LogP contribution in [0.4, 0.5) is 0 Å². The predicted octanol–water partition coefficient (Wildman–Crippen LogP) is 4.39. The van der Waals surface area contributed by atoms with Gasteiger partial charge >= 0.3 is 0 Å². The van der Waals surface area contributed by atoms with Gasteiger partial charge in [0.25, 0.3) is 0 Å². The first-order valence-corrected chi connectivity index (χ1v) is 7.69. The Bertz CT molecular complexity index is 570. The highest BCUT2D eigenvalue weighted by Crippen LogP contribution is 2.22. The number of rotatable bonds is 6. The second-order valence-corrected chi connectivity index (χ2v) is 6.08. The molecule has 4 heteroatoms. The summed E-state index contributed by atoms with van der Waals surface area (Å²) in [5.74, 6) is 0. The Balaban J connectivity index is 1.95. The molecule has 1 atom stereocenters. The van der Waals surface area contributed by atoms with E-state index in [9.17, 15) is 0 Å². The third-order valence-corrected chi connectivity index (χ3v) is 4.20. The van der Waals surface area contributed by atoms with Gasteiger partial charge in [0, 0.05) is 19.1 Å². The van der Waals surface area contributed by atoms with Crippen molar-refractivity contribution in [2.75, 3.05) is 20.6 Å². The molecule has 0 spiro atoms. The smallest absolute Gasteiger partial charge is 0.0595 e. The van der Waals surface area contributed by atoms with E-state index in [2.05, 4.69) is 48.6 Å². The van der Waals surface area contributed by atoms with E-state index in [1.54, 1.807) is 0 Å². The minimum atomic E-state index is 0.342. The molecular formula is C17H20Cl2N2. The van der Waals surface area contributed by atoms with Crippen LogP contribution in [0.25, 0.3) is 0 Å². The molecule has 1 N–H and O–H groups in total. The van der Waals surface area contributed by atoms with Crippen molar-refractivity contribution in [3.63, 3.8) is 0 Å². The quantitative estimate of drug-likeness (QED) is 0.848. The lowest BCUT2D eigenvalue weighted by molar-refractivity contribution is 0.288. The summed E-state index contributed by atoms with van der Waals surface area (Å²) < 4.78 is 0. The second-order valence-electron chi connectivity index (χ2n) is 5.27. The molecule has 0 aliphatic rings. The third kappa shape index (κ3) is 4.72. The van der Waals surface area contributed by atoms with Gasteiger partial charge in [-0.2, -0.15) is 0 Å². The number of nitrogens with one attached hydrogen (secondary N) is 1. The van der Waals surface area contributed by atoms with Gasteiger partial charge in [-0.25, -0.2) is 0 Å². The third-order valence-electron chi connectivity index (χ3n) is 3.46. The van der Waals surface area contributed by atoms with Crippen LogP contribution in [-0.2, 0) is 6.54 Å². The summed E-state index contributed by atoms with van der Waals surface area (Å²) in [5.41, 5.74) is 2.44. The monoisotopic (exact) mass is 322 g/mol. The summed E-state index contributed by atoms with van der Waals surface area (Å²) in [5, 5.41) is 4.68. The van der Waals surface area contributed by atoms with Crippen molar-refractivity contribution >= 4 is 23.2 Å². The van der Waals surface area contributed by atoms with E-state index >= 15 is 0 Å². The second kappa shape index (κ2) is 7.81. The number of hydrogen-bond donors (Lipinski definition) is 1. The average Bonchev–Trinajstić information content (AvgIpc) is 2.48. The topological polar surface area (TPSA) is 15.3 Å². The maximum Gasteiger partial charge on any atom is 0.0595 e. The van der Waals surface area contributed by atoms with Crippen LogP contribution in [0.5, 0.6) is 0 Å². The summed E-state index contributed by atoms with van der Waals surface area (Å²) in [7, 11) is 4.19. The molecule has 0 saturated heterocycles. The first-order valence-electron chi connectivity index (χ1n) is 6.94. The molecule has 2 nitrogen and oxygen atoms in total. The highest BCUT2D eigenvalue weighted by molar-refractivity contribution is 6.42. The van der Waals surface area contributed by atoms with E-state index < -0.39 is 0 Å². The largest absolute Gasteiger partial charge is 0.311 e. The molecule has 0 aliphatic heterocycles. The fourth-order valence-corrected chi connectivity index (χ4v) is 2.60. The minimum Gasteiger partial charge on any atom is -0.311 e. The van der Waals surface area contributed by atoms with Crippen molar-refractivity contribution in [1.82, 2.24) is 10.2 Å². The summed E-state index contributed by atoms with van der Waals surface area (Å²) >= 11 is 12.0. The molecule has 0 heterocycles. The molecule has 0 radical (unpaired) electrons. The average molecular weight is 323 g/mol. The number of nitrogens with zero attached hydrogens (tertiary/aromatic N) is 1. The van der Waals surface area contributed by atoms with E-state index in [0.29, 0.717) is 16.1 Å². The van der Waals surface area contributed by atoms with Crippen molar-refractivity contribution in [1.29, 1.82) is 0 Å². The lowest BCUT2D eigenvalue weighted by Crippen LogP contribution is -2.30. The van der Waals surface area contributed by atoms with Gasteiger partial charge in [0.15, 0.2) is 0 Å². The predicted molar refractivity (Wildman–Crippen MR) is 91.0 cm³/mol. The first kappa shape index (κ1) is 16.3. The van der Waals surface area contributed by atoms with Gasteiger partial charge in [-0.05, 0) is 37.4 Å². The van der Waals surface area contributed by atoms with Gasteiger partial charge in [0.1, 0.15) is 0 Å². The molecule has 2 aromatic rings. The normalized spacial score (nSPS) is 12.6. The zero-order chi connectivity index (χ0) is 15.2. The Labute approximate surface area is 136 Å².